The van der Waals surface area contributed by atoms with E-state index in [1.165, 1.54) is 23.9 Å². The average Bonchev–Trinajstić information content (AvgIpc) is 2.31. The highest BCUT2D eigenvalue weighted by Crippen LogP contribution is 2.34. The Kier molecular flexibility index (Phi) is 4.27. The standard InChI is InChI=1S/C14H12ClFOS/c1-9(17)10-5-6-14(13(15)7-10)18-12-4-2-3-11(16)8-12/h2-9,17H,1H3. The molecule has 1 atom stereocenters. The zero-order valence-electron chi connectivity index (χ0n) is 9.73. The maximum Gasteiger partial charge on any atom is 0.124 e. The van der Waals surface area contributed by atoms with Crippen molar-refractivity contribution in [2.75, 3.05) is 0 Å². The topological polar surface area (TPSA) is 20.2 Å². The second-order valence-corrected chi connectivity index (χ2v) is 5.45. The molecular weight excluding hydrogens is 271 g/mol. The molecule has 2 aromatic carbocycles. The van der Waals surface area contributed by atoms with E-state index in [0.29, 0.717) is 5.02 Å². The molecule has 18 heavy (non-hydrogen) atoms. The van der Waals surface area contributed by atoms with E-state index in [2.05, 4.69) is 0 Å². The van der Waals surface area contributed by atoms with Crippen LogP contribution >= 0.6 is 23.4 Å². The lowest BCUT2D eigenvalue weighted by Gasteiger charge is -2.08. The van der Waals surface area contributed by atoms with Crippen LogP contribution in [0, 0.1) is 5.82 Å². The molecule has 2 aromatic rings. The van der Waals surface area contributed by atoms with Gasteiger partial charge in [-0.1, -0.05) is 35.5 Å². The summed E-state index contributed by atoms with van der Waals surface area (Å²) in [6.07, 6.45) is -0.546. The Morgan fingerprint density at radius 3 is 2.61 bits per heavy atom. The number of hydrogen-bond acceptors (Lipinski definition) is 2. The SMILES string of the molecule is CC(O)c1ccc(Sc2cccc(F)c2)c(Cl)c1. The lowest BCUT2D eigenvalue weighted by atomic mass is 10.1. The molecule has 1 nitrogen and oxygen atoms in total. The fourth-order valence-corrected chi connectivity index (χ4v) is 2.69. The first kappa shape index (κ1) is 13.4. The first-order chi connectivity index (χ1) is 8.56. The van der Waals surface area contributed by atoms with E-state index in [4.69, 9.17) is 11.6 Å². The largest absolute Gasteiger partial charge is 0.389 e. The van der Waals surface area contributed by atoms with E-state index in [9.17, 15) is 9.50 Å². The Labute approximate surface area is 115 Å². The van der Waals surface area contributed by atoms with Crippen molar-refractivity contribution in [2.45, 2.75) is 22.8 Å². The maximum absolute atomic E-state index is 13.1. The Morgan fingerprint density at radius 2 is 2.00 bits per heavy atom. The molecule has 4 heteroatoms. The third-order valence-electron chi connectivity index (χ3n) is 2.46. The van der Waals surface area contributed by atoms with Crippen LogP contribution in [-0.4, -0.2) is 5.11 Å². The molecule has 1 unspecified atom stereocenters. The van der Waals surface area contributed by atoms with Gasteiger partial charge in [-0.15, -0.1) is 0 Å². The number of benzene rings is 2. The van der Waals surface area contributed by atoms with E-state index in [-0.39, 0.29) is 5.82 Å². The van der Waals surface area contributed by atoms with Gasteiger partial charge < -0.3 is 5.11 Å². The van der Waals surface area contributed by atoms with Crippen molar-refractivity contribution in [2.24, 2.45) is 0 Å². The highest BCUT2D eigenvalue weighted by atomic mass is 35.5. The van der Waals surface area contributed by atoms with Crippen molar-refractivity contribution in [3.63, 3.8) is 0 Å². The summed E-state index contributed by atoms with van der Waals surface area (Å²) in [6, 6.07) is 11.7. The number of hydrogen-bond donors (Lipinski definition) is 1. The van der Waals surface area contributed by atoms with Gasteiger partial charge in [0.05, 0.1) is 11.1 Å². The van der Waals surface area contributed by atoms with Gasteiger partial charge in [-0.3, -0.25) is 0 Å². The number of aliphatic hydroxyl groups excluding tert-OH is 1. The lowest BCUT2D eigenvalue weighted by Crippen LogP contribution is -1.90. The van der Waals surface area contributed by atoms with E-state index in [1.807, 2.05) is 18.2 Å². The number of halogens is 2. The minimum absolute atomic E-state index is 0.267. The zero-order chi connectivity index (χ0) is 13.1. The maximum atomic E-state index is 13.1. The van der Waals surface area contributed by atoms with Gasteiger partial charge >= 0.3 is 0 Å². The molecule has 0 heterocycles. The first-order valence-electron chi connectivity index (χ1n) is 5.47. The van der Waals surface area contributed by atoms with Crippen LogP contribution in [0.5, 0.6) is 0 Å². The van der Waals surface area contributed by atoms with Gasteiger partial charge in [0.1, 0.15) is 5.82 Å². The predicted octanol–water partition coefficient (Wildman–Crippen LogP) is 4.68. The van der Waals surface area contributed by atoms with Crippen molar-refractivity contribution in [3.8, 4) is 0 Å². The Morgan fingerprint density at radius 1 is 1.22 bits per heavy atom. The first-order valence-corrected chi connectivity index (χ1v) is 6.66. The number of aliphatic hydroxyl groups is 1. The monoisotopic (exact) mass is 282 g/mol. The summed E-state index contributed by atoms with van der Waals surface area (Å²) in [5.74, 6) is -0.267. The molecule has 0 saturated heterocycles. The van der Waals surface area contributed by atoms with Gasteiger partial charge in [0.15, 0.2) is 0 Å². The molecule has 0 fully saturated rings. The fourth-order valence-electron chi connectivity index (χ4n) is 1.52. The normalized spacial score (nSPS) is 12.4. The van der Waals surface area contributed by atoms with Crippen LogP contribution in [0.15, 0.2) is 52.3 Å². The van der Waals surface area contributed by atoms with Gasteiger partial charge in [-0.25, -0.2) is 4.39 Å². The van der Waals surface area contributed by atoms with Crippen molar-refractivity contribution in [1.29, 1.82) is 0 Å². The summed E-state index contributed by atoms with van der Waals surface area (Å²) in [6.45, 7) is 1.69. The van der Waals surface area contributed by atoms with Crippen LogP contribution in [0.4, 0.5) is 4.39 Å². The second kappa shape index (κ2) is 5.74. The van der Waals surface area contributed by atoms with Crippen LogP contribution < -0.4 is 0 Å². The molecule has 2 rings (SSSR count). The quantitative estimate of drug-likeness (QED) is 0.882. The summed E-state index contributed by atoms with van der Waals surface area (Å²) < 4.78 is 13.1. The van der Waals surface area contributed by atoms with Crippen LogP contribution in [0.3, 0.4) is 0 Å². The van der Waals surface area contributed by atoms with E-state index in [1.54, 1.807) is 19.1 Å². The number of rotatable bonds is 3. The van der Waals surface area contributed by atoms with Gasteiger partial charge in [-0.2, -0.15) is 0 Å². The van der Waals surface area contributed by atoms with Crippen LogP contribution in [0.2, 0.25) is 5.02 Å². The molecule has 94 valence electrons. The highest BCUT2D eigenvalue weighted by Gasteiger charge is 2.07. The van der Waals surface area contributed by atoms with Gasteiger partial charge in [0, 0.05) is 9.79 Å². The minimum atomic E-state index is -0.546. The summed E-state index contributed by atoms with van der Waals surface area (Å²) in [5.41, 5.74) is 0.767. The van der Waals surface area contributed by atoms with Crippen LogP contribution in [0.1, 0.15) is 18.6 Å². The highest BCUT2D eigenvalue weighted by molar-refractivity contribution is 7.99. The molecule has 0 aliphatic carbocycles. The lowest BCUT2D eigenvalue weighted by molar-refractivity contribution is 0.199. The summed E-state index contributed by atoms with van der Waals surface area (Å²) >= 11 is 7.53. The average molecular weight is 283 g/mol. The van der Waals surface area contributed by atoms with E-state index < -0.39 is 6.10 Å². The molecule has 0 aromatic heterocycles. The molecule has 1 N–H and O–H groups in total. The molecule has 0 aliphatic heterocycles. The Balaban J connectivity index is 2.24. The van der Waals surface area contributed by atoms with Crippen LogP contribution in [0.25, 0.3) is 0 Å². The molecular formula is C14H12ClFOS. The smallest absolute Gasteiger partial charge is 0.124 e. The Bertz CT molecular complexity index is 557. The molecule has 0 amide bonds. The Hall–Kier alpha value is -1.03. The molecule has 0 bridgehead atoms. The zero-order valence-corrected chi connectivity index (χ0v) is 11.3. The van der Waals surface area contributed by atoms with Gasteiger partial charge in [0.25, 0.3) is 0 Å². The fraction of sp³-hybridized carbons (Fsp3) is 0.143. The summed E-state index contributed by atoms with van der Waals surface area (Å²) in [7, 11) is 0. The molecule has 0 spiro atoms. The second-order valence-electron chi connectivity index (χ2n) is 3.93. The van der Waals surface area contributed by atoms with E-state index >= 15 is 0 Å². The predicted molar refractivity (Wildman–Crippen MR) is 72.6 cm³/mol. The van der Waals surface area contributed by atoms with Crippen LogP contribution in [-0.2, 0) is 0 Å². The third kappa shape index (κ3) is 3.25. The minimum Gasteiger partial charge on any atom is -0.389 e. The summed E-state index contributed by atoms with van der Waals surface area (Å²) in [5, 5.41) is 10.0. The molecule has 0 aliphatic rings. The summed E-state index contributed by atoms with van der Waals surface area (Å²) in [4.78, 5) is 1.63. The van der Waals surface area contributed by atoms with Crippen molar-refractivity contribution >= 4 is 23.4 Å². The van der Waals surface area contributed by atoms with Crippen molar-refractivity contribution in [1.82, 2.24) is 0 Å². The molecule has 0 radical (unpaired) electrons. The third-order valence-corrected chi connectivity index (χ3v) is 3.95. The van der Waals surface area contributed by atoms with Gasteiger partial charge in [-0.05, 0) is 42.8 Å². The van der Waals surface area contributed by atoms with Crippen molar-refractivity contribution < 1.29 is 9.50 Å². The van der Waals surface area contributed by atoms with E-state index in [0.717, 1.165) is 15.4 Å². The molecule has 0 saturated carbocycles. The van der Waals surface area contributed by atoms with Crippen molar-refractivity contribution in [3.05, 3.63) is 58.9 Å². The van der Waals surface area contributed by atoms with Gasteiger partial charge in [0.2, 0.25) is 0 Å².